The molecule has 2 saturated carbocycles. The monoisotopic (exact) mass is 229 g/mol. The number of hydrogen-bond donors (Lipinski definition) is 4. The number of amides is 1. The minimum absolute atomic E-state index is 0.314. The van der Waals surface area contributed by atoms with Crippen LogP contribution in [0.1, 0.15) is 13.3 Å². The fraction of sp³-hybridized carbons (Fsp3) is 0.800. The molecule has 2 aliphatic rings. The molecule has 90 valence electrons. The van der Waals surface area contributed by atoms with Crippen LogP contribution in [0.5, 0.6) is 0 Å². The number of aliphatic hydroxyl groups is 2. The third-order valence-electron chi connectivity index (χ3n) is 3.74. The summed E-state index contributed by atoms with van der Waals surface area (Å²) in [6.45, 7) is 1.31. The van der Waals surface area contributed by atoms with Gasteiger partial charge in [0.05, 0.1) is 18.1 Å². The van der Waals surface area contributed by atoms with Gasteiger partial charge < -0.3 is 20.6 Å². The van der Waals surface area contributed by atoms with Crippen LogP contribution in [-0.4, -0.2) is 45.4 Å². The zero-order valence-corrected chi connectivity index (χ0v) is 8.83. The molecule has 4 N–H and O–H groups in total. The average Bonchev–Trinajstić information content (AvgIpc) is 2.64. The van der Waals surface area contributed by atoms with Crippen molar-refractivity contribution in [1.82, 2.24) is 5.32 Å². The molecule has 2 rings (SSSR count). The maximum absolute atomic E-state index is 11.1. The summed E-state index contributed by atoms with van der Waals surface area (Å²) in [6, 6.07) is -0.571. The molecule has 2 aliphatic carbocycles. The molecule has 6 heteroatoms. The Morgan fingerprint density at radius 3 is 2.25 bits per heavy atom. The van der Waals surface area contributed by atoms with Crippen LogP contribution < -0.4 is 5.32 Å². The Bertz CT molecular complexity index is 331. The Hall–Kier alpha value is -1.14. The molecule has 6 atom stereocenters. The first-order chi connectivity index (χ1) is 7.43. The predicted octanol–water partition coefficient (Wildman–Crippen LogP) is -1.44. The zero-order valence-electron chi connectivity index (χ0n) is 8.83. The van der Waals surface area contributed by atoms with E-state index in [1.807, 2.05) is 0 Å². The van der Waals surface area contributed by atoms with Crippen molar-refractivity contribution in [3.05, 3.63) is 0 Å². The normalized spacial score (nSPS) is 45.7. The second-order valence-corrected chi connectivity index (χ2v) is 4.63. The summed E-state index contributed by atoms with van der Waals surface area (Å²) in [7, 11) is 0. The third kappa shape index (κ3) is 1.49. The van der Waals surface area contributed by atoms with Crippen LogP contribution in [0.25, 0.3) is 0 Å². The van der Waals surface area contributed by atoms with Gasteiger partial charge in [-0.3, -0.25) is 9.59 Å². The van der Waals surface area contributed by atoms with Crippen molar-refractivity contribution in [2.45, 2.75) is 31.6 Å². The first-order valence-corrected chi connectivity index (χ1v) is 5.29. The average molecular weight is 229 g/mol. The lowest BCUT2D eigenvalue weighted by Gasteiger charge is -2.34. The molecule has 1 amide bonds. The Balaban J connectivity index is 2.23. The summed E-state index contributed by atoms with van der Waals surface area (Å²) in [5, 5.41) is 31.0. The standard InChI is InChI=1S/C10H15NO5/c1-3(12)11-7-5-2-4(6(7)10(15)16)8(13)9(5)14/h4-9,13-14H,2H2,1H3,(H,11,12)(H,15,16)/t4-,5+,6+,7-,8-,9+/m0/s1. The lowest BCUT2D eigenvalue weighted by atomic mass is 9.81. The molecule has 0 saturated heterocycles. The van der Waals surface area contributed by atoms with Gasteiger partial charge in [0.1, 0.15) is 0 Å². The number of carboxylic acids is 1. The number of aliphatic carboxylic acids is 1. The van der Waals surface area contributed by atoms with Crippen molar-refractivity contribution in [1.29, 1.82) is 0 Å². The van der Waals surface area contributed by atoms with E-state index in [0.29, 0.717) is 6.42 Å². The van der Waals surface area contributed by atoms with Crippen LogP contribution in [0.4, 0.5) is 0 Å². The molecular weight excluding hydrogens is 214 g/mol. The first kappa shape index (κ1) is 11.3. The van der Waals surface area contributed by atoms with Gasteiger partial charge >= 0.3 is 5.97 Å². The van der Waals surface area contributed by atoms with Crippen molar-refractivity contribution in [2.24, 2.45) is 17.8 Å². The van der Waals surface area contributed by atoms with Gasteiger partial charge in [0.25, 0.3) is 0 Å². The van der Waals surface area contributed by atoms with Gasteiger partial charge in [-0.25, -0.2) is 0 Å². The molecule has 2 bridgehead atoms. The predicted molar refractivity (Wildman–Crippen MR) is 52.3 cm³/mol. The molecule has 0 aromatic rings. The Morgan fingerprint density at radius 1 is 1.19 bits per heavy atom. The molecule has 0 heterocycles. The van der Waals surface area contributed by atoms with E-state index in [-0.39, 0.29) is 11.8 Å². The molecule has 16 heavy (non-hydrogen) atoms. The van der Waals surface area contributed by atoms with Crippen molar-refractivity contribution in [3.63, 3.8) is 0 Å². The first-order valence-electron chi connectivity index (χ1n) is 5.29. The van der Waals surface area contributed by atoms with Gasteiger partial charge in [0.2, 0.25) is 5.91 Å². The van der Waals surface area contributed by atoms with Crippen LogP contribution in [0, 0.1) is 17.8 Å². The number of rotatable bonds is 2. The quantitative estimate of drug-likeness (QED) is 0.464. The minimum atomic E-state index is -1.03. The molecular formula is C10H15NO5. The fourth-order valence-electron chi connectivity index (χ4n) is 3.12. The number of carbonyl (C=O) groups is 2. The van der Waals surface area contributed by atoms with Gasteiger partial charge in [-0.2, -0.15) is 0 Å². The van der Waals surface area contributed by atoms with E-state index in [2.05, 4.69) is 5.32 Å². The van der Waals surface area contributed by atoms with E-state index in [4.69, 9.17) is 5.11 Å². The fourth-order valence-corrected chi connectivity index (χ4v) is 3.12. The third-order valence-corrected chi connectivity index (χ3v) is 3.74. The van der Waals surface area contributed by atoms with Crippen LogP contribution >= 0.6 is 0 Å². The topological polar surface area (TPSA) is 107 Å². The van der Waals surface area contributed by atoms with Crippen molar-refractivity contribution >= 4 is 11.9 Å². The Kier molecular flexibility index (Phi) is 2.63. The smallest absolute Gasteiger partial charge is 0.308 e. The van der Waals surface area contributed by atoms with E-state index >= 15 is 0 Å². The van der Waals surface area contributed by atoms with Crippen molar-refractivity contribution in [2.75, 3.05) is 0 Å². The maximum atomic E-state index is 11.1. The Labute approximate surface area is 92.3 Å². The van der Waals surface area contributed by atoms with E-state index in [1.54, 1.807) is 0 Å². The summed E-state index contributed by atoms with van der Waals surface area (Å²) < 4.78 is 0. The SMILES string of the molecule is CC(=O)N[C@H]1[C@H]2C[C@H]([C@H](O)[C@@H]2O)[C@H]1C(=O)O. The molecule has 0 aromatic carbocycles. The molecule has 6 nitrogen and oxygen atoms in total. The molecule has 0 unspecified atom stereocenters. The minimum Gasteiger partial charge on any atom is -0.481 e. The largest absolute Gasteiger partial charge is 0.481 e. The lowest BCUT2D eigenvalue weighted by Crippen LogP contribution is -2.54. The number of fused-ring (bicyclic) bond motifs is 2. The van der Waals surface area contributed by atoms with Crippen LogP contribution in [0.15, 0.2) is 0 Å². The summed E-state index contributed by atoms with van der Waals surface area (Å²) >= 11 is 0. The number of carbonyl (C=O) groups excluding carboxylic acids is 1. The van der Waals surface area contributed by atoms with Gasteiger partial charge in [-0.05, 0) is 6.42 Å². The molecule has 2 fully saturated rings. The Morgan fingerprint density at radius 2 is 1.75 bits per heavy atom. The van der Waals surface area contributed by atoms with Gasteiger partial charge in [-0.15, -0.1) is 0 Å². The van der Waals surface area contributed by atoms with Gasteiger partial charge in [0, 0.05) is 24.8 Å². The second kappa shape index (κ2) is 3.71. The van der Waals surface area contributed by atoms with Crippen LogP contribution in [0.3, 0.4) is 0 Å². The molecule has 0 aromatic heterocycles. The van der Waals surface area contributed by atoms with Crippen molar-refractivity contribution < 1.29 is 24.9 Å². The summed E-state index contributed by atoms with van der Waals surface area (Å²) in [6.07, 6.45) is -1.47. The number of carboxylic acid groups (broad SMARTS) is 1. The molecule has 0 aliphatic heterocycles. The van der Waals surface area contributed by atoms with Crippen molar-refractivity contribution in [3.8, 4) is 0 Å². The highest BCUT2D eigenvalue weighted by Crippen LogP contribution is 2.48. The zero-order chi connectivity index (χ0) is 12.0. The van der Waals surface area contributed by atoms with E-state index in [0.717, 1.165) is 0 Å². The molecule has 0 spiro atoms. The summed E-state index contributed by atoms with van der Waals surface area (Å²) in [4.78, 5) is 22.1. The highest BCUT2D eigenvalue weighted by Gasteiger charge is 2.60. The van der Waals surface area contributed by atoms with E-state index < -0.39 is 36.1 Å². The summed E-state index contributed by atoms with van der Waals surface area (Å²) in [5.41, 5.74) is 0. The van der Waals surface area contributed by atoms with Crippen LogP contribution in [0.2, 0.25) is 0 Å². The van der Waals surface area contributed by atoms with E-state index in [9.17, 15) is 19.8 Å². The number of hydrogen-bond acceptors (Lipinski definition) is 4. The van der Waals surface area contributed by atoms with Crippen LogP contribution in [-0.2, 0) is 9.59 Å². The molecule has 0 radical (unpaired) electrons. The lowest BCUT2D eigenvalue weighted by molar-refractivity contribution is -0.149. The van der Waals surface area contributed by atoms with Gasteiger partial charge in [-0.1, -0.05) is 0 Å². The van der Waals surface area contributed by atoms with Gasteiger partial charge in [0.15, 0.2) is 0 Å². The highest BCUT2D eigenvalue weighted by atomic mass is 16.4. The number of nitrogens with one attached hydrogen (secondary N) is 1. The maximum Gasteiger partial charge on any atom is 0.308 e. The second-order valence-electron chi connectivity index (χ2n) is 4.63. The summed E-state index contributed by atoms with van der Waals surface area (Å²) in [5.74, 6) is -2.96. The highest BCUT2D eigenvalue weighted by molar-refractivity contribution is 5.77. The van der Waals surface area contributed by atoms with E-state index in [1.165, 1.54) is 6.92 Å². The number of aliphatic hydroxyl groups excluding tert-OH is 2.